The van der Waals surface area contributed by atoms with Crippen LogP contribution in [0.1, 0.15) is 31.2 Å². The van der Waals surface area contributed by atoms with Gasteiger partial charge in [0.15, 0.2) is 5.78 Å². The molecule has 146 valence electrons. The number of amides is 3. The van der Waals surface area contributed by atoms with Crippen LogP contribution in [-0.2, 0) is 16.0 Å². The van der Waals surface area contributed by atoms with Crippen molar-refractivity contribution in [2.24, 2.45) is 0 Å². The lowest BCUT2D eigenvalue weighted by molar-refractivity contribution is -0.141. The fraction of sp³-hybridized carbons (Fsp3) is 0.550. The molecule has 3 amide bonds. The van der Waals surface area contributed by atoms with Crippen molar-refractivity contribution in [3.63, 3.8) is 0 Å². The van der Waals surface area contributed by atoms with Gasteiger partial charge in [-0.25, -0.2) is 4.79 Å². The molecule has 2 heterocycles. The second-order valence-corrected chi connectivity index (χ2v) is 7.13. The summed E-state index contributed by atoms with van der Waals surface area (Å²) in [4.78, 5) is 40.6. The lowest BCUT2D eigenvalue weighted by atomic mass is 10.1. The monoisotopic (exact) mass is 373 g/mol. The Balaban J connectivity index is 1.56. The number of urea groups is 1. The molecule has 3 rings (SSSR count). The Kier molecular flexibility index (Phi) is 6.45. The van der Waals surface area contributed by atoms with E-state index in [0.717, 1.165) is 24.8 Å². The van der Waals surface area contributed by atoms with Crippen molar-refractivity contribution in [3.8, 4) is 0 Å². The fourth-order valence-corrected chi connectivity index (χ4v) is 3.99. The highest BCUT2D eigenvalue weighted by Crippen LogP contribution is 2.25. The van der Waals surface area contributed by atoms with Gasteiger partial charge >= 0.3 is 6.03 Å². The minimum Gasteiger partial charge on any atom is -0.389 e. The molecule has 7 heteroatoms. The van der Waals surface area contributed by atoms with Gasteiger partial charge in [-0.15, -0.1) is 0 Å². The molecule has 1 aromatic rings. The zero-order valence-corrected chi connectivity index (χ0v) is 15.5. The minimum absolute atomic E-state index is 0.171. The van der Waals surface area contributed by atoms with Gasteiger partial charge in [-0.3, -0.25) is 9.59 Å². The highest BCUT2D eigenvalue weighted by atomic mass is 16.3. The van der Waals surface area contributed by atoms with E-state index in [-0.39, 0.29) is 17.7 Å². The number of nitrogens with one attached hydrogen (secondary N) is 1. The predicted octanol–water partition coefficient (Wildman–Crippen LogP) is 0.956. The molecule has 0 spiro atoms. The predicted molar refractivity (Wildman–Crippen MR) is 100 cm³/mol. The normalized spacial score (nSPS) is 22.1. The van der Waals surface area contributed by atoms with Crippen LogP contribution in [0, 0.1) is 0 Å². The molecule has 0 aliphatic carbocycles. The highest BCUT2D eigenvalue weighted by Gasteiger charge is 2.41. The Morgan fingerprint density at radius 2 is 1.67 bits per heavy atom. The summed E-state index contributed by atoms with van der Waals surface area (Å²) >= 11 is 0. The first kappa shape index (κ1) is 19.4. The largest absolute Gasteiger partial charge is 0.389 e. The molecule has 0 aromatic heterocycles. The van der Waals surface area contributed by atoms with E-state index in [4.69, 9.17) is 5.11 Å². The minimum atomic E-state index is -0.553. The van der Waals surface area contributed by atoms with E-state index in [1.54, 1.807) is 9.80 Å². The molecule has 2 fully saturated rings. The first-order chi connectivity index (χ1) is 13.1. The number of Topliss-reactive ketones (excluding diaryl/α,β-unsaturated/α-hetero) is 1. The van der Waals surface area contributed by atoms with Crippen LogP contribution in [0.2, 0.25) is 0 Å². The summed E-state index contributed by atoms with van der Waals surface area (Å²) in [5.74, 6) is -0.493. The second kappa shape index (κ2) is 8.99. The molecule has 0 radical (unpaired) electrons. The van der Waals surface area contributed by atoms with Gasteiger partial charge in [-0.05, 0) is 37.7 Å². The van der Waals surface area contributed by atoms with Gasteiger partial charge in [0.05, 0.1) is 6.04 Å². The number of carbonyl (C=O) groups is 3. The Morgan fingerprint density at radius 3 is 2.37 bits per heavy atom. The smallest absolute Gasteiger partial charge is 0.318 e. The summed E-state index contributed by atoms with van der Waals surface area (Å²) in [5.41, 5.74) is 1.15. The van der Waals surface area contributed by atoms with Crippen LogP contribution in [0.3, 0.4) is 0 Å². The van der Waals surface area contributed by atoms with E-state index >= 15 is 0 Å². The maximum Gasteiger partial charge on any atom is 0.318 e. The molecule has 2 atom stereocenters. The van der Waals surface area contributed by atoms with Crippen LogP contribution in [0.5, 0.6) is 0 Å². The van der Waals surface area contributed by atoms with E-state index in [0.29, 0.717) is 32.5 Å². The van der Waals surface area contributed by atoms with Crippen molar-refractivity contribution in [2.75, 3.05) is 26.2 Å². The number of aliphatic hydroxyl groups is 1. The van der Waals surface area contributed by atoms with Gasteiger partial charge in [0.2, 0.25) is 5.91 Å². The number of benzene rings is 1. The van der Waals surface area contributed by atoms with E-state index in [9.17, 15) is 14.4 Å². The molecule has 2 N–H and O–H groups in total. The zero-order chi connectivity index (χ0) is 19.2. The second-order valence-electron chi connectivity index (χ2n) is 7.13. The SMILES string of the molecule is O=C(CO)[C@@H]1CCCN1C(=O)[C@@H]1CCCN1C(=O)NCCc1ccccc1. The number of rotatable bonds is 6. The molecule has 0 saturated carbocycles. The molecule has 27 heavy (non-hydrogen) atoms. The lowest BCUT2D eigenvalue weighted by Gasteiger charge is -2.30. The van der Waals surface area contributed by atoms with Gasteiger partial charge in [-0.1, -0.05) is 30.3 Å². The number of hydrogen-bond acceptors (Lipinski definition) is 4. The van der Waals surface area contributed by atoms with Crippen molar-refractivity contribution in [3.05, 3.63) is 35.9 Å². The van der Waals surface area contributed by atoms with Crippen LogP contribution >= 0.6 is 0 Å². The van der Waals surface area contributed by atoms with Crippen LogP contribution < -0.4 is 5.32 Å². The summed E-state index contributed by atoms with van der Waals surface area (Å²) in [7, 11) is 0. The Hall–Kier alpha value is -2.41. The van der Waals surface area contributed by atoms with Gasteiger partial charge < -0.3 is 20.2 Å². The third-order valence-electron chi connectivity index (χ3n) is 5.39. The van der Waals surface area contributed by atoms with Crippen LogP contribution in [0.4, 0.5) is 4.79 Å². The first-order valence-electron chi connectivity index (χ1n) is 9.64. The molecule has 0 bridgehead atoms. The van der Waals surface area contributed by atoms with E-state index < -0.39 is 18.7 Å². The van der Waals surface area contributed by atoms with Gasteiger partial charge in [-0.2, -0.15) is 0 Å². The highest BCUT2D eigenvalue weighted by molar-refractivity contribution is 5.93. The number of nitrogens with zero attached hydrogens (tertiary/aromatic N) is 2. The molecule has 1 aromatic carbocycles. The Bertz CT molecular complexity index is 679. The van der Waals surface area contributed by atoms with E-state index in [1.165, 1.54) is 0 Å². The quantitative estimate of drug-likeness (QED) is 0.777. The number of ketones is 1. The topological polar surface area (TPSA) is 90.0 Å². The number of hydrogen-bond donors (Lipinski definition) is 2. The summed E-state index contributed by atoms with van der Waals surface area (Å²) in [6, 6.07) is 8.61. The summed E-state index contributed by atoms with van der Waals surface area (Å²) < 4.78 is 0. The Morgan fingerprint density at radius 1 is 1.00 bits per heavy atom. The standard InChI is InChI=1S/C20H27N3O4/c24-14-18(25)16-8-4-12-22(16)19(26)17-9-5-13-23(17)20(27)21-11-10-15-6-2-1-3-7-15/h1-3,6-7,16-17,24H,4-5,8-14H2,(H,21,27)/t16-,17-/m0/s1. The zero-order valence-electron chi connectivity index (χ0n) is 15.5. The van der Waals surface area contributed by atoms with Crippen molar-refractivity contribution in [1.82, 2.24) is 15.1 Å². The molecule has 2 saturated heterocycles. The van der Waals surface area contributed by atoms with Gasteiger partial charge in [0, 0.05) is 19.6 Å². The number of likely N-dealkylation sites (tertiary alicyclic amines) is 2. The first-order valence-corrected chi connectivity index (χ1v) is 9.64. The maximum absolute atomic E-state index is 13.0. The third-order valence-corrected chi connectivity index (χ3v) is 5.39. The molecule has 7 nitrogen and oxygen atoms in total. The van der Waals surface area contributed by atoms with Gasteiger partial charge in [0.1, 0.15) is 12.6 Å². The molecule has 0 unspecified atom stereocenters. The average molecular weight is 373 g/mol. The fourth-order valence-electron chi connectivity index (χ4n) is 3.99. The van der Waals surface area contributed by atoms with Crippen LogP contribution in [0.15, 0.2) is 30.3 Å². The maximum atomic E-state index is 13.0. The van der Waals surface area contributed by atoms with Crippen LogP contribution in [-0.4, -0.2) is 71.0 Å². The van der Waals surface area contributed by atoms with Crippen molar-refractivity contribution in [1.29, 1.82) is 0 Å². The van der Waals surface area contributed by atoms with E-state index in [2.05, 4.69) is 5.32 Å². The molecule has 2 aliphatic heterocycles. The Labute approximate surface area is 159 Å². The number of carbonyl (C=O) groups excluding carboxylic acids is 3. The van der Waals surface area contributed by atoms with Crippen molar-refractivity contribution < 1.29 is 19.5 Å². The van der Waals surface area contributed by atoms with E-state index in [1.807, 2.05) is 30.3 Å². The van der Waals surface area contributed by atoms with Gasteiger partial charge in [0.25, 0.3) is 0 Å². The molecule has 2 aliphatic rings. The van der Waals surface area contributed by atoms with Crippen LogP contribution in [0.25, 0.3) is 0 Å². The number of aliphatic hydroxyl groups excluding tert-OH is 1. The van der Waals surface area contributed by atoms with Crippen molar-refractivity contribution in [2.45, 2.75) is 44.2 Å². The summed E-state index contributed by atoms with van der Waals surface area (Å²) in [6.45, 7) is 1.01. The summed E-state index contributed by atoms with van der Waals surface area (Å²) in [6.07, 6.45) is 3.45. The molecular weight excluding hydrogens is 346 g/mol. The third kappa shape index (κ3) is 4.47. The molecular formula is C20H27N3O4. The summed E-state index contributed by atoms with van der Waals surface area (Å²) in [5, 5.41) is 12.0. The lowest BCUT2D eigenvalue weighted by Crippen LogP contribution is -2.53. The average Bonchev–Trinajstić information content (AvgIpc) is 3.37. The van der Waals surface area contributed by atoms with Crippen molar-refractivity contribution >= 4 is 17.7 Å².